The fourth-order valence-corrected chi connectivity index (χ4v) is 7.14. The van der Waals surface area contributed by atoms with Crippen LogP contribution in [0.15, 0.2) is 57.7 Å². The number of alkyl halides is 3. The van der Waals surface area contributed by atoms with Crippen LogP contribution < -0.4 is 24.2 Å². The molecule has 0 spiro atoms. The fraction of sp³-hybridized carbons (Fsp3) is 0.167. The van der Waals surface area contributed by atoms with Gasteiger partial charge in [-0.1, -0.05) is 41.3 Å². The van der Waals surface area contributed by atoms with E-state index in [1.165, 1.54) is 45.4 Å². The Morgan fingerprint density at radius 2 is 1.83 bits per heavy atom. The molecule has 0 bridgehead atoms. The van der Waals surface area contributed by atoms with Gasteiger partial charge in [0.05, 0.1) is 27.6 Å². The van der Waals surface area contributed by atoms with Crippen LogP contribution in [-0.2, 0) is 19.8 Å². The lowest BCUT2D eigenvalue weighted by atomic mass is 10.1. The van der Waals surface area contributed by atoms with Gasteiger partial charge in [-0.3, -0.25) is 4.79 Å². The van der Waals surface area contributed by atoms with Crippen molar-refractivity contribution in [2.45, 2.75) is 17.6 Å². The number of nitrogens with zero attached hydrogens (tertiary/aromatic N) is 3. The second kappa shape index (κ2) is 9.16. The minimum absolute atomic E-state index is 0.00725. The summed E-state index contributed by atoms with van der Waals surface area (Å²) < 4.78 is 72.5. The first-order valence-electron chi connectivity index (χ1n) is 10.5. The zero-order chi connectivity index (χ0) is 25.8. The molecule has 0 atom stereocenters. The number of fused-ring (bicyclic) bond motifs is 1. The van der Waals surface area contributed by atoms with Gasteiger partial charge in [0.25, 0.3) is 10.6 Å². The Hall–Kier alpha value is -2.96. The average Bonchev–Trinajstić information content (AvgIpc) is 3.49. The number of benzene rings is 2. The Bertz CT molecular complexity index is 1670. The third kappa shape index (κ3) is 4.27. The molecule has 36 heavy (non-hydrogen) atoms. The Morgan fingerprint density at radius 3 is 2.58 bits per heavy atom. The Morgan fingerprint density at radius 1 is 1.08 bits per heavy atom. The largest absolute Gasteiger partial charge is 0.416 e. The number of aromatic nitrogens is 2. The van der Waals surface area contributed by atoms with E-state index in [0.29, 0.717) is 24.9 Å². The SMILES string of the molecule is CN1C(=c2sc(=Cc3scc[n+]3Cc3ccccc3C(F)(F)F)n(C)c2=O)Sc2c1ccc(F)c2F. The van der Waals surface area contributed by atoms with Gasteiger partial charge in [0, 0.05) is 19.7 Å². The zero-order valence-electron chi connectivity index (χ0n) is 18.8. The molecule has 4 nitrogen and oxygen atoms in total. The highest BCUT2D eigenvalue weighted by Crippen LogP contribution is 2.47. The molecule has 2 aromatic heterocycles. The Kier molecular flexibility index (Phi) is 6.29. The first-order valence-corrected chi connectivity index (χ1v) is 13.0. The van der Waals surface area contributed by atoms with Crippen LogP contribution in [-0.4, -0.2) is 11.6 Å². The first-order chi connectivity index (χ1) is 17.1. The summed E-state index contributed by atoms with van der Waals surface area (Å²) in [5.74, 6) is -1.92. The summed E-state index contributed by atoms with van der Waals surface area (Å²) in [6.45, 7) is 0.00725. The van der Waals surface area contributed by atoms with Gasteiger partial charge in [-0.25, -0.2) is 8.78 Å². The van der Waals surface area contributed by atoms with Crippen molar-refractivity contribution in [3.8, 4) is 0 Å². The van der Waals surface area contributed by atoms with Crippen molar-refractivity contribution in [3.05, 3.63) is 95.3 Å². The van der Waals surface area contributed by atoms with E-state index in [1.54, 1.807) is 47.3 Å². The lowest BCUT2D eigenvalue weighted by molar-refractivity contribution is -0.685. The molecule has 1 aliphatic rings. The highest BCUT2D eigenvalue weighted by molar-refractivity contribution is 8.08. The quantitative estimate of drug-likeness (QED) is 0.280. The maximum absolute atomic E-state index is 14.3. The molecule has 2 aromatic carbocycles. The topological polar surface area (TPSA) is 29.1 Å². The van der Waals surface area contributed by atoms with E-state index in [1.807, 2.05) is 0 Å². The van der Waals surface area contributed by atoms with Crippen LogP contribution in [0, 0.1) is 11.6 Å². The molecule has 0 unspecified atom stereocenters. The van der Waals surface area contributed by atoms with Crippen LogP contribution in [0.25, 0.3) is 11.1 Å². The van der Waals surface area contributed by atoms with Gasteiger partial charge < -0.3 is 9.47 Å². The molecule has 0 saturated carbocycles. The van der Waals surface area contributed by atoms with Crippen molar-refractivity contribution in [2.24, 2.45) is 7.05 Å². The second-order valence-corrected chi connectivity index (χ2v) is 10.9. The fourth-order valence-electron chi connectivity index (χ4n) is 3.87. The normalized spacial score (nSPS) is 15.6. The number of thiazole rings is 2. The van der Waals surface area contributed by atoms with Crippen LogP contribution in [0.2, 0.25) is 0 Å². The molecule has 0 radical (unpaired) electrons. The van der Waals surface area contributed by atoms with Crippen molar-refractivity contribution in [3.63, 3.8) is 0 Å². The second-order valence-electron chi connectivity index (χ2n) is 7.98. The van der Waals surface area contributed by atoms with Crippen LogP contribution >= 0.6 is 34.4 Å². The van der Waals surface area contributed by atoms with Crippen molar-refractivity contribution < 1.29 is 26.5 Å². The van der Waals surface area contributed by atoms with Crippen molar-refractivity contribution in [1.82, 2.24) is 4.57 Å². The van der Waals surface area contributed by atoms with Crippen molar-refractivity contribution in [2.75, 3.05) is 11.9 Å². The molecule has 1 aliphatic heterocycles. The van der Waals surface area contributed by atoms with Crippen molar-refractivity contribution in [1.29, 1.82) is 0 Å². The number of thioether (sulfide) groups is 1. The van der Waals surface area contributed by atoms with Gasteiger partial charge in [-0.05, 0) is 18.2 Å². The third-order valence-corrected chi connectivity index (χ3v) is 9.16. The Labute approximate surface area is 213 Å². The molecule has 186 valence electrons. The van der Waals surface area contributed by atoms with Gasteiger partial charge in [-0.15, -0.1) is 11.3 Å². The zero-order valence-corrected chi connectivity index (χ0v) is 21.2. The predicted octanol–water partition coefficient (Wildman–Crippen LogP) is 4.28. The lowest BCUT2D eigenvalue weighted by Gasteiger charge is -2.12. The molecule has 0 fully saturated rings. The summed E-state index contributed by atoms with van der Waals surface area (Å²) >= 11 is 3.50. The molecule has 4 aromatic rings. The number of hydrogen-bond donors (Lipinski definition) is 0. The van der Waals surface area contributed by atoms with E-state index < -0.39 is 23.4 Å². The van der Waals surface area contributed by atoms with Crippen LogP contribution in [0.4, 0.5) is 27.6 Å². The molecule has 0 amide bonds. The monoisotopic (exact) mass is 554 g/mol. The number of anilines is 1. The standard InChI is InChI=1S/C24H17F5N3OS3/c1-30-16-8-7-15(25)19(26)20(16)36-23(30)21-22(33)31(2)17(35-21)11-18-32(9-10-34-18)12-13-5-3-4-6-14(13)24(27,28)29/h3-11H,12H2,1-2H3/q+1. The minimum atomic E-state index is -4.47. The Balaban J connectivity index is 1.57. The summed E-state index contributed by atoms with van der Waals surface area (Å²) in [6, 6.07) is 7.93. The van der Waals surface area contributed by atoms with E-state index in [0.717, 1.165) is 23.9 Å². The smallest absolute Gasteiger partial charge is 0.337 e. The predicted molar refractivity (Wildman–Crippen MR) is 131 cm³/mol. The third-order valence-electron chi connectivity index (χ3n) is 5.75. The number of rotatable bonds is 3. The summed E-state index contributed by atoms with van der Waals surface area (Å²) in [6.07, 6.45) is -1.03. The molecular weight excluding hydrogens is 537 g/mol. The van der Waals surface area contributed by atoms with E-state index in [9.17, 15) is 26.7 Å². The minimum Gasteiger partial charge on any atom is -0.337 e. The molecule has 12 heteroatoms. The van der Waals surface area contributed by atoms with E-state index in [-0.39, 0.29) is 22.6 Å². The number of halogens is 5. The van der Waals surface area contributed by atoms with Gasteiger partial charge >= 0.3 is 6.18 Å². The molecule has 3 heterocycles. The van der Waals surface area contributed by atoms with Crippen LogP contribution in [0.1, 0.15) is 16.1 Å². The van der Waals surface area contributed by atoms with E-state index in [4.69, 9.17) is 0 Å². The van der Waals surface area contributed by atoms with Gasteiger partial charge in [0.1, 0.15) is 14.2 Å². The number of hydrogen-bond acceptors (Lipinski definition) is 5. The summed E-state index contributed by atoms with van der Waals surface area (Å²) in [4.78, 5) is 14.9. The molecule has 0 saturated heterocycles. The highest BCUT2D eigenvalue weighted by atomic mass is 32.2. The van der Waals surface area contributed by atoms with E-state index >= 15 is 0 Å². The molecule has 5 rings (SSSR count). The first kappa shape index (κ1) is 24.7. The summed E-state index contributed by atoms with van der Waals surface area (Å²) in [5.41, 5.74) is -0.397. The van der Waals surface area contributed by atoms with Crippen LogP contribution in [0.5, 0.6) is 0 Å². The summed E-state index contributed by atoms with van der Waals surface area (Å²) in [7, 11) is 3.28. The maximum Gasteiger partial charge on any atom is 0.416 e. The molecule has 0 aliphatic carbocycles. The average molecular weight is 555 g/mol. The highest BCUT2D eigenvalue weighted by Gasteiger charge is 2.34. The maximum atomic E-state index is 14.3. The van der Waals surface area contributed by atoms with Gasteiger partial charge in [0.15, 0.2) is 24.4 Å². The lowest BCUT2D eigenvalue weighted by Crippen LogP contribution is -2.36. The molecular formula is C24H17F5N3OS3+. The molecule has 0 N–H and O–H groups in total. The van der Waals surface area contributed by atoms with Crippen molar-refractivity contribution >= 4 is 51.2 Å². The van der Waals surface area contributed by atoms with E-state index in [2.05, 4.69) is 0 Å². The van der Waals surface area contributed by atoms with Gasteiger partial charge in [0.2, 0.25) is 0 Å². The van der Waals surface area contributed by atoms with Gasteiger partial charge in [-0.2, -0.15) is 17.7 Å². The summed E-state index contributed by atoms with van der Waals surface area (Å²) in [5, 5.41) is 2.90. The van der Waals surface area contributed by atoms with Crippen LogP contribution in [0.3, 0.4) is 0 Å².